The molecule has 1 N–H and O–H groups in total. The number of hydrogen-bond acceptors (Lipinski definition) is 2. The molecule has 0 bridgehead atoms. The highest BCUT2D eigenvalue weighted by Gasteiger charge is 2.31. The van der Waals surface area contributed by atoms with Gasteiger partial charge in [-0.15, -0.1) is 0 Å². The molecule has 1 fully saturated rings. The summed E-state index contributed by atoms with van der Waals surface area (Å²) in [5, 5.41) is 0. The van der Waals surface area contributed by atoms with Crippen LogP contribution < -0.4 is 5.56 Å². The average Bonchev–Trinajstić information content (AvgIpc) is 2.26. The molecule has 0 unspecified atom stereocenters. The second kappa shape index (κ2) is 4.02. The lowest BCUT2D eigenvalue weighted by molar-refractivity contribution is -0.139. The van der Waals surface area contributed by atoms with E-state index in [-0.39, 0.29) is 11.5 Å². The van der Waals surface area contributed by atoms with E-state index in [2.05, 4.69) is 4.98 Å². The van der Waals surface area contributed by atoms with Crippen LogP contribution in [0.4, 0.5) is 0 Å². The maximum absolute atomic E-state index is 12.1. The molecule has 4 heteroatoms. The molecule has 1 aromatic rings. The summed E-state index contributed by atoms with van der Waals surface area (Å²) in [6.07, 6.45) is 5.84. The second-order valence-electron chi connectivity index (χ2n) is 4.99. The molecule has 0 saturated heterocycles. The van der Waals surface area contributed by atoms with E-state index >= 15 is 0 Å². The molecular formula is C13H16N2O2. The molecule has 2 aliphatic rings. The van der Waals surface area contributed by atoms with Crippen molar-refractivity contribution in [3.8, 4) is 0 Å². The Labute approximate surface area is 99.6 Å². The number of nitrogens with one attached hydrogen (secondary N) is 1. The number of hydrogen-bond donors (Lipinski definition) is 1. The second-order valence-corrected chi connectivity index (χ2v) is 4.99. The molecule has 1 aliphatic heterocycles. The Bertz CT molecular complexity index is 502. The van der Waals surface area contributed by atoms with Gasteiger partial charge in [0.25, 0.3) is 0 Å². The summed E-state index contributed by atoms with van der Waals surface area (Å²) in [5.74, 6) is 0.562. The van der Waals surface area contributed by atoms with E-state index in [1.165, 1.54) is 6.42 Å². The van der Waals surface area contributed by atoms with Gasteiger partial charge in [0.1, 0.15) is 0 Å². The van der Waals surface area contributed by atoms with Gasteiger partial charge in [0.15, 0.2) is 0 Å². The largest absolute Gasteiger partial charge is 0.338 e. The lowest BCUT2D eigenvalue weighted by Crippen LogP contribution is -2.42. The summed E-state index contributed by atoms with van der Waals surface area (Å²) in [5.41, 5.74) is 2.12. The summed E-state index contributed by atoms with van der Waals surface area (Å²) in [4.78, 5) is 27.9. The predicted molar refractivity (Wildman–Crippen MR) is 63.5 cm³/mol. The average molecular weight is 232 g/mol. The minimum absolute atomic E-state index is 0.0532. The summed E-state index contributed by atoms with van der Waals surface area (Å²) in [6, 6.07) is 1.65. The maximum atomic E-state index is 12.1. The van der Waals surface area contributed by atoms with E-state index in [0.717, 1.165) is 36.9 Å². The Morgan fingerprint density at radius 2 is 2.18 bits per heavy atom. The Hall–Kier alpha value is -1.58. The highest BCUT2D eigenvalue weighted by Crippen LogP contribution is 2.30. The fraction of sp³-hybridized carbons (Fsp3) is 0.538. The Kier molecular flexibility index (Phi) is 2.50. The van der Waals surface area contributed by atoms with Crippen molar-refractivity contribution in [2.45, 2.75) is 32.2 Å². The maximum Gasteiger partial charge on any atom is 0.248 e. The van der Waals surface area contributed by atoms with Gasteiger partial charge in [-0.2, -0.15) is 0 Å². The molecule has 0 spiro atoms. The van der Waals surface area contributed by atoms with Crippen molar-refractivity contribution in [2.75, 3.05) is 6.54 Å². The number of rotatable bonds is 1. The van der Waals surface area contributed by atoms with E-state index in [1.54, 1.807) is 12.3 Å². The van der Waals surface area contributed by atoms with Crippen LogP contribution in [-0.2, 0) is 17.8 Å². The molecule has 1 aromatic heterocycles. The lowest BCUT2D eigenvalue weighted by Gasteiger charge is -2.34. The number of carbonyl (C=O) groups excluding carboxylic acids is 1. The standard InChI is InChI=1S/C13H16N2O2/c16-12-6-10-4-5-15(8-11(10)7-14-12)13(17)9-2-1-3-9/h6-7,9H,1-5,8H2,(H,14,16). The Morgan fingerprint density at radius 3 is 2.88 bits per heavy atom. The Morgan fingerprint density at radius 1 is 1.35 bits per heavy atom. The summed E-state index contributed by atoms with van der Waals surface area (Å²) >= 11 is 0. The van der Waals surface area contributed by atoms with Crippen LogP contribution in [0.2, 0.25) is 0 Å². The van der Waals surface area contributed by atoms with Crippen LogP contribution in [0.25, 0.3) is 0 Å². The van der Waals surface area contributed by atoms with Gasteiger partial charge in [-0.1, -0.05) is 6.42 Å². The molecule has 2 heterocycles. The summed E-state index contributed by atoms with van der Waals surface area (Å²) in [7, 11) is 0. The highest BCUT2D eigenvalue weighted by molar-refractivity contribution is 5.79. The van der Waals surface area contributed by atoms with Crippen LogP contribution >= 0.6 is 0 Å². The molecular weight excluding hydrogens is 216 g/mol. The van der Waals surface area contributed by atoms with Crippen LogP contribution in [0.1, 0.15) is 30.4 Å². The van der Waals surface area contributed by atoms with Crippen molar-refractivity contribution >= 4 is 5.91 Å². The number of carbonyl (C=O) groups is 1. The SMILES string of the molecule is O=C(C1CCC1)N1CCc2cc(=O)[nH]cc2C1. The minimum atomic E-state index is -0.0532. The van der Waals surface area contributed by atoms with Crippen LogP contribution in [0, 0.1) is 5.92 Å². The normalized spacial score (nSPS) is 19.6. The van der Waals surface area contributed by atoms with Crippen LogP contribution in [0.3, 0.4) is 0 Å². The van der Waals surface area contributed by atoms with E-state index < -0.39 is 0 Å². The molecule has 3 rings (SSSR count). The van der Waals surface area contributed by atoms with Gasteiger partial charge in [-0.05, 0) is 30.4 Å². The summed E-state index contributed by atoms with van der Waals surface area (Å²) in [6.45, 7) is 1.41. The lowest BCUT2D eigenvalue weighted by atomic mass is 9.84. The first kappa shape index (κ1) is 10.6. The fourth-order valence-corrected chi connectivity index (χ4v) is 2.57. The van der Waals surface area contributed by atoms with E-state index in [9.17, 15) is 9.59 Å². The third-order valence-electron chi connectivity index (χ3n) is 3.88. The van der Waals surface area contributed by atoms with Gasteiger partial charge in [-0.25, -0.2) is 0 Å². The van der Waals surface area contributed by atoms with Crippen molar-refractivity contribution in [3.05, 3.63) is 33.7 Å². The number of nitrogens with zero attached hydrogens (tertiary/aromatic N) is 1. The third kappa shape index (κ3) is 1.88. The smallest absolute Gasteiger partial charge is 0.248 e. The van der Waals surface area contributed by atoms with E-state index in [0.29, 0.717) is 12.5 Å². The van der Waals surface area contributed by atoms with Crippen molar-refractivity contribution in [2.24, 2.45) is 5.92 Å². The topological polar surface area (TPSA) is 53.2 Å². The van der Waals surface area contributed by atoms with E-state index in [1.807, 2.05) is 4.90 Å². The van der Waals surface area contributed by atoms with Crippen LogP contribution in [0.5, 0.6) is 0 Å². The summed E-state index contributed by atoms with van der Waals surface area (Å²) < 4.78 is 0. The zero-order chi connectivity index (χ0) is 11.8. The molecule has 0 atom stereocenters. The van der Waals surface area contributed by atoms with Crippen molar-refractivity contribution in [3.63, 3.8) is 0 Å². The number of amides is 1. The fourth-order valence-electron chi connectivity index (χ4n) is 2.57. The number of H-pyrrole nitrogens is 1. The van der Waals surface area contributed by atoms with Crippen molar-refractivity contribution < 1.29 is 4.79 Å². The van der Waals surface area contributed by atoms with E-state index in [4.69, 9.17) is 0 Å². The van der Waals surface area contributed by atoms with Crippen LogP contribution in [0.15, 0.2) is 17.1 Å². The highest BCUT2D eigenvalue weighted by atomic mass is 16.2. The molecule has 1 saturated carbocycles. The first-order valence-electron chi connectivity index (χ1n) is 6.23. The monoisotopic (exact) mass is 232 g/mol. The number of aromatic nitrogens is 1. The predicted octanol–water partition coefficient (Wildman–Crippen LogP) is 1.06. The zero-order valence-electron chi connectivity index (χ0n) is 9.74. The molecule has 0 radical (unpaired) electrons. The zero-order valence-corrected chi connectivity index (χ0v) is 9.74. The third-order valence-corrected chi connectivity index (χ3v) is 3.88. The van der Waals surface area contributed by atoms with Gasteiger partial charge in [0.2, 0.25) is 11.5 Å². The van der Waals surface area contributed by atoms with Crippen LogP contribution in [-0.4, -0.2) is 22.3 Å². The molecule has 1 aliphatic carbocycles. The number of fused-ring (bicyclic) bond motifs is 1. The molecule has 90 valence electrons. The van der Waals surface area contributed by atoms with Gasteiger partial charge >= 0.3 is 0 Å². The van der Waals surface area contributed by atoms with Crippen molar-refractivity contribution in [1.29, 1.82) is 0 Å². The molecule has 1 amide bonds. The number of aromatic amines is 1. The van der Waals surface area contributed by atoms with Gasteiger partial charge in [0.05, 0.1) is 0 Å². The Balaban J connectivity index is 1.78. The molecule has 4 nitrogen and oxygen atoms in total. The quantitative estimate of drug-likeness (QED) is 0.787. The number of pyridine rings is 1. The van der Waals surface area contributed by atoms with Gasteiger partial charge < -0.3 is 9.88 Å². The molecule has 17 heavy (non-hydrogen) atoms. The van der Waals surface area contributed by atoms with Gasteiger partial charge in [0, 0.05) is 31.3 Å². The van der Waals surface area contributed by atoms with Crippen molar-refractivity contribution in [1.82, 2.24) is 9.88 Å². The van der Waals surface area contributed by atoms with Gasteiger partial charge in [-0.3, -0.25) is 9.59 Å². The molecule has 0 aromatic carbocycles. The first-order chi connectivity index (χ1) is 8.24. The first-order valence-corrected chi connectivity index (χ1v) is 6.23. The minimum Gasteiger partial charge on any atom is -0.338 e.